The molecule has 0 aliphatic rings. The second-order valence-corrected chi connectivity index (χ2v) is 5.84. The SMILES string of the molecule is CCCC(Cl)C(Cl)CCCCCCCOC(C)=O. The van der Waals surface area contributed by atoms with Gasteiger partial charge in [0.15, 0.2) is 0 Å². The van der Waals surface area contributed by atoms with Crippen molar-refractivity contribution >= 4 is 29.2 Å². The van der Waals surface area contributed by atoms with Crippen molar-refractivity contribution in [2.45, 2.75) is 76.0 Å². The Hall–Kier alpha value is 0.0500. The average Bonchev–Trinajstić information content (AvgIpc) is 2.32. The summed E-state index contributed by atoms with van der Waals surface area (Å²) in [4.78, 5) is 10.5. The van der Waals surface area contributed by atoms with Crippen molar-refractivity contribution in [1.82, 2.24) is 0 Å². The first-order valence-electron chi connectivity index (χ1n) is 6.99. The highest BCUT2D eigenvalue weighted by Crippen LogP contribution is 2.21. The number of hydrogen-bond acceptors (Lipinski definition) is 2. The van der Waals surface area contributed by atoms with Gasteiger partial charge in [-0.2, -0.15) is 0 Å². The summed E-state index contributed by atoms with van der Waals surface area (Å²) < 4.78 is 4.87. The zero-order valence-electron chi connectivity index (χ0n) is 11.6. The summed E-state index contributed by atoms with van der Waals surface area (Å²) in [7, 11) is 0. The topological polar surface area (TPSA) is 26.3 Å². The molecule has 2 atom stereocenters. The van der Waals surface area contributed by atoms with Gasteiger partial charge in [0.05, 0.1) is 6.61 Å². The molecule has 0 radical (unpaired) electrons. The van der Waals surface area contributed by atoms with E-state index in [2.05, 4.69) is 6.92 Å². The first kappa shape index (κ1) is 18.0. The van der Waals surface area contributed by atoms with E-state index >= 15 is 0 Å². The van der Waals surface area contributed by atoms with Crippen LogP contribution in [-0.4, -0.2) is 23.3 Å². The van der Waals surface area contributed by atoms with E-state index in [9.17, 15) is 4.79 Å². The van der Waals surface area contributed by atoms with Crippen LogP contribution in [0.3, 0.4) is 0 Å². The van der Waals surface area contributed by atoms with Gasteiger partial charge in [0.25, 0.3) is 0 Å². The molecule has 0 saturated heterocycles. The number of hydrogen-bond donors (Lipinski definition) is 0. The van der Waals surface area contributed by atoms with E-state index in [-0.39, 0.29) is 16.7 Å². The molecule has 0 aliphatic carbocycles. The monoisotopic (exact) mass is 296 g/mol. The van der Waals surface area contributed by atoms with Crippen LogP contribution in [0, 0.1) is 0 Å². The second kappa shape index (κ2) is 12.1. The number of carbonyl (C=O) groups excluding carboxylic acids is 1. The van der Waals surface area contributed by atoms with Crippen LogP contribution < -0.4 is 0 Å². The van der Waals surface area contributed by atoms with E-state index in [0.29, 0.717) is 6.61 Å². The molecule has 0 aliphatic heterocycles. The number of halogens is 2. The summed E-state index contributed by atoms with van der Waals surface area (Å²) in [5, 5.41) is 0.216. The maximum Gasteiger partial charge on any atom is 0.302 e. The van der Waals surface area contributed by atoms with Crippen LogP contribution in [0.1, 0.15) is 65.2 Å². The molecule has 108 valence electrons. The van der Waals surface area contributed by atoms with Crippen LogP contribution in [0.15, 0.2) is 0 Å². The molecular weight excluding hydrogens is 271 g/mol. The highest BCUT2D eigenvalue weighted by molar-refractivity contribution is 6.29. The lowest BCUT2D eigenvalue weighted by molar-refractivity contribution is -0.141. The zero-order valence-corrected chi connectivity index (χ0v) is 13.1. The van der Waals surface area contributed by atoms with E-state index in [1.54, 1.807) is 0 Å². The lowest BCUT2D eigenvalue weighted by Crippen LogP contribution is -2.14. The Labute approximate surface area is 121 Å². The van der Waals surface area contributed by atoms with Gasteiger partial charge in [0.2, 0.25) is 0 Å². The predicted molar refractivity (Wildman–Crippen MR) is 78.5 cm³/mol. The third kappa shape index (κ3) is 11.2. The Morgan fingerprint density at radius 2 is 1.56 bits per heavy atom. The first-order chi connectivity index (χ1) is 8.57. The molecule has 18 heavy (non-hydrogen) atoms. The van der Waals surface area contributed by atoms with Crippen molar-refractivity contribution in [1.29, 1.82) is 0 Å². The van der Waals surface area contributed by atoms with Crippen molar-refractivity contribution in [3.05, 3.63) is 0 Å². The van der Waals surface area contributed by atoms with Gasteiger partial charge < -0.3 is 4.74 Å². The molecule has 0 fully saturated rings. The van der Waals surface area contributed by atoms with Gasteiger partial charge in [-0.1, -0.05) is 39.0 Å². The molecule has 0 N–H and O–H groups in total. The molecular formula is C14H26Cl2O2. The normalized spacial score (nSPS) is 14.2. The quantitative estimate of drug-likeness (QED) is 0.308. The number of alkyl halides is 2. The fourth-order valence-electron chi connectivity index (χ4n) is 1.83. The van der Waals surface area contributed by atoms with Crippen molar-refractivity contribution in [3.63, 3.8) is 0 Å². The van der Waals surface area contributed by atoms with Crippen LogP contribution in [-0.2, 0) is 9.53 Å². The Morgan fingerprint density at radius 3 is 2.17 bits per heavy atom. The lowest BCUT2D eigenvalue weighted by atomic mass is 10.1. The van der Waals surface area contributed by atoms with Crippen LogP contribution in [0.4, 0.5) is 0 Å². The molecule has 2 nitrogen and oxygen atoms in total. The van der Waals surface area contributed by atoms with E-state index in [1.165, 1.54) is 19.8 Å². The minimum Gasteiger partial charge on any atom is -0.466 e. The highest BCUT2D eigenvalue weighted by Gasteiger charge is 2.14. The molecule has 0 bridgehead atoms. The second-order valence-electron chi connectivity index (χ2n) is 4.72. The summed E-state index contributed by atoms with van der Waals surface area (Å²) in [5.74, 6) is -0.191. The lowest BCUT2D eigenvalue weighted by Gasteiger charge is -2.14. The molecule has 0 aromatic carbocycles. The summed E-state index contributed by atoms with van der Waals surface area (Å²) in [6.45, 7) is 4.12. The first-order valence-corrected chi connectivity index (χ1v) is 7.86. The Morgan fingerprint density at radius 1 is 1.00 bits per heavy atom. The molecule has 0 rings (SSSR count). The molecule has 0 heterocycles. The number of unbranched alkanes of at least 4 members (excludes halogenated alkanes) is 4. The van der Waals surface area contributed by atoms with Gasteiger partial charge in [-0.25, -0.2) is 0 Å². The third-order valence-electron chi connectivity index (χ3n) is 2.89. The van der Waals surface area contributed by atoms with E-state index in [1.807, 2.05) is 0 Å². The van der Waals surface area contributed by atoms with E-state index in [0.717, 1.165) is 38.5 Å². The van der Waals surface area contributed by atoms with Gasteiger partial charge >= 0.3 is 5.97 Å². The largest absolute Gasteiger partial charge is 0.466 e. The summed E-state index contributed by atoms with van der Waals surface area (Å²) >= 11 is 12.4. The molecule has 0 aromatic rings. The summed E-state index contributed by atoms with van der Waals surface area (Å²) in [6, 6.07) is 0. The average molecular weight is 297 g/mol. The van der Waals surface area contributed by atoms with Crippen molar-refractivity contribution < 1.29 is 9.53 Å². The van der Waals surface area contributed by atoms with Gasteiger partial charge in [-0.05, 0) is 19.3 Å². The summed E-state index contributed by atoms with van der Waals surface area (Å²) in [6.07, 6.45) is 8.64. The van der Waals surface area contributed by atoms with Crippen molar-refractivity contribution in [2.75, 3.05) is 6.61 Å². The fraction of sp³-hybridized carbons (Fsp3) is 0.929. The zero-order chi connectivity index (χ0) is 13.8. The highest BCUT2D eigenvalue weighted by atomic mass is 35.5. The van der Waals surface area contributed by atoms with Crippen LogP contribution in [0.5, 0.6) is 0 Å². The van der Waals surface area contributed by atoms with Gasteiger partial charge in [0.1, 0.15) is 0 Å². The molecule has 0 saturated carbocycles. The van der Waals surface area contributed by atoms with Crippen LogP contribution >= 0.6 is 23.2 Å². The third-order valence-corrected chi connectivity index (χ3v) is 4.06. The number of esters is 1. The summed E-state index contributed by atoms with van der Waals surface area (Å²) in [5.41, 5.74) is 0. The maximum absolute atomic E-state index is 10.5. The van der Waals surface area contributed by atoms with Crippen LogP contribution in [0.25, 0.3) is 0 Å². The van der Waals surface area contributed by atoms with Crippen molar-refractivity contribution in [3.8, 4) is 0 Å². The van der Waals surface area contributed by atoms with Gasteiger partial charge in [-0.3, -0.25) is 4.79 Å². The Balaban J connectivity index is 3.27. The molecule has 0 amide bonds. The molecule has 0 aromatic heterocycles. The number of ether oxygens (including phenoxy) is 1. The van der Waals surface area contributed by atoms with E-state index < -0.39 is 0 Å². The van der Waals surface area contributed by atoms with Gasteiger partial charge in [0, 0.05) is 17.7 Å². The van der Waals surface area contributed by atoms with Crippen molar-refractivity contribution in [2.24, 2.45) is 0 Å². The molecule has 2 unspecified atom stereocenters. The minimum absolute atomic E-state index is 0.104. The van der Waals surface area contributed by atoms with Gasteiger partial charge in [-0.15, -0.1) is 23.2 Å². The fourth-order valence-corrected chi connectivity index (χ4v) is 2.45. The van der Waals surface area contributed by atoms with E-state index in [4.69, 9.17) is 27.9 Å². The molecule has 4 heteroatoms. The minimum atomic E-state index is -0.191. The predicted octanol–water partition coefficient (Wildman–Crippen LogP) is 4.91. The maximum atomic E-state index is 10.5. The Kier molecular flexibility index (Phi) is 12.1. The smallest absolute Gasteiger partial charge is 0.302 e. The Bertz CT molecular complexity index is 210. The molecule has 0 spiro atoms. The standard InChI is InChI=1S/C14H26Cl2O2/c1-3-9-13(15)14(16)10-7-5-4-6-8-11-18-12(2)17/h13-14H,3-11H2,1-2H3. The number of carbonyl (C=O) groups is 1. The van der Waals surface area contributed by atoms with Crippen LogP contribution in [0.2, 0.25) is 0 Å². The number of rotatable bonds is 11.